The van der Waals surface area contributed by atoms with Gasteiger partial charge in [-0.3, -0.25) is 14.6 Å². The van der Waals surface area contributed by atoms with Crippen molar-refractivity contribution in [1.82, 2.24) is 15.0 Å². The molecule has 0 bridgehead atoms. The highest BCUT2D eigenvalue weighted by Gasteiger charge is 2.09. The van der Waals surface area contributed by atoms with Crippen molar-refractivity contribution in [2.24, 2.45) is 0 Å². The summed E-state index contributed by atoms with van der Waals surface area (Å²) >= 11 is 0. The van der Waals surface area contributed by atoms with Gasteiger partial charge in [0.2, 0.25) is 0 Å². The first-order valence-electron chi connectivity index (χ1n) is 8.65. The van der Waals surface area contributed by atoms with Gasteiger partial charge in [0.1, 0.15) is 17.3 Å². The molecule has 0 saturated carbocycles. The van der Waals surface area contributed by atoms with Crippen molar-refractivity contribution in [3.63, 3.8) is 0 Å². The summed E-state index contributed by atoms with van der Waals surface area (Å²) in [6, 6.07) is 5.38. The average Bonchev–Trinajstić information content (AvgIpc) is 2.62. The summed E-state index contributed by atoms with van der Waals surface area (Å²) in [6.07, 6.45) is 1.89. The highest BCUT2D eigenvalue weighted by molar-refractivity contribution is 5.70. The van der Waals surface area contributed by atoms with E-state index in [-0.39, 0.29) is 25.4 Å². The van der Waals surface area contributed by atoms with E-state index in [1.807, 2.05) is 19.1 Å². The van der Waals surface area contributed by atoms with E-state index in [0.29, 0.717) is 36.3 Å². The fourth-order valence-electron chi connectivity index (χ4n) is 2.17. The van der Waals surface area contributed by atoms with Gasteiger partial charge in [-0.25, -0.2) is 9.97 Å². The zero-order valence-corrected chi connectivity index (χ0v) is 15.4. The Bertz CT molecular complexity index is 780. The molecule has 0 aromatic carbocycles. The number of nitrogens with one attached hydrogen (secondary N) is 2. The number of rotatable bonds is 10. The number of aromatic nitrogens is 3. The summed E-state index contributed by atoms with van der Waals surface area (Å²) in [5.41, 5.74) is 1.61. The Morgan fingerprint density at radius 1 is 1.11 bits per heavy atom. The molecule has 0 amide bonds. The number of carbonyl (C=O) groups excluding carboxylic acids is 1. The van der Waals surface area contributed by atoms with E-state index < -0.39 is 5.97 Å². The van der Waals surface area contributed by atoms with Gasteiger partial charge in [0, 0.05) is 25.4 Å². The molecule has 0 spiro atoms. The summed E-state index contributed by atoms with van der Waals surface area (Å²) < 4.78 is 4.89. The smallest absolute Gasteiger partial charge is 0.307 e. The largest absolute Gasteiger partial charge is 0.481 e. The molecular formula is C18H23N5O4. The lowest BCUT2D eigenvalue weighted by molar-refractivity contribution is -0.142. The third kappa shape index (κ3) is 6.89. The third-order valence-corrected chi connectivity index (χ3v) is 3.45. The van der Waals surface area contributed by atoms with Crippen molar-refractivity contribution in [2.75, 3.05) is 30.3 Å². The van der Waals surface area contributed by atoms with Gasteiger partial charge in [0.05, 0.1) is 19.4 Å². The standard InChI is InChI=1S/C18H23N5O4/c1-3-27-17(26)7-9-20-15-10-14(19-8-6-16(24)25)22-18(23-15)13-5-4-12(2)11-21-13/h4-5,10-11H,3,6-9H2,1-2H3,(H,24,25)(H2,19,20,22,23). The molecule has 9 heteroatoms. The van der Waals surface area contributed by atoms with E-state index in [1.54, 1.807) is 19.2 Å². The third-order valence-electron chi connectivity index (χ3n) is 3.45. The molecule has 0 aliphatic rings. The number of hydrogen-bond donors (Lipinski definition) is 3. The van der Waals surface area contributed by atoms with Crippen LogP contribution in [0, 0.1) is 6.92 Å². The first-order chi connectivity index (χ1) is 13.0. The van der Waals surface area contributed by atoms with Gasteiger partial charge < -0.3 is 20.5 Å². The van der Waals surface area contributed by atoms with Crippen molar-refractivity contribution < 1.29 is 19.4 Å². The first kappa shape index (κ1) is 20.1. The zero-order valence-electron chi connectivity index (χ0n) is 15.4. The van der Waals surface area contributed by atoms with Crippen LogP contribution in [-0.4, -0.2) is 51.7 Å². The molecule has 0 aliphatic carbocycles. The van der Waals surface area contributed by atoms with Crippen molar-refractivity contribution in [3.05, 3.63) is 30.0 Å². The highest BCUT2D eigenvalue weighted by Crippen LogP contribution is 2.19. The quantitative estimate of drug-likeness (QED) is 0.537. The van der Waals surface area contributed by atoms with E-state index in [1.165, 1.54) is 0 Å². The number of esters is 1. The Morgan fingerprint density at radius 2 is 1.78 bits per heavy atom. The normalized spacial score (nSPS) is 10.3. The molecule has 2 rings (SSSR count). The number of carbonyl (C=O) groups is 2. The maximum absolute atomic E-state index is 11.5. The van der Waals surface area contributed by atoms with Crippen molar-refractivity contribution in [3.8, 4) is 11.5 Å². The van der Waals surface area contributed by atoms with Crippen LogP contribution in [0.15, 0.2) is 24.4 Å². The van der Waals surface area contributed by atoms with Crippen LogP contribution >= 0.6 is 0 Å². The Labute approximate surface area is 157 Å². The SMILES string of the molecule is CCOC(=O)CCNc1cc(NCCC(=O)O)nc(-c2ccc(C)cn2)n1. The van der Waals surface area contributed by atoms with E-state index in [0.717, 1.165) is 5.56 Å². The van der Waals surface area contributed by atoms with Crippen LogP contribution in [0.25, 0.3) is 11.5 Å². The van der Waals surface area contributed by atoms with Crippen molar-refractivity contribution in [1.29, 1.82) is 0 Å². The lowest BCUT2D eigenvalue weighted by Gasteiger charge is -2.11. The molecule has 0 radical (unpaired) electrons. The molecule has 9 nitrogen and oxygen atoms in total. The second-order valence-electron chi connectivity index (χ2n) is 5.74. The number of carboxylic acids is 1. The second kappa shape index (κ2) is 10.0. The second-order valence-corrected chi connectivity index (χ2v) is 5.74. The summed E-state index contributed by atoms with van der Waals surface area (Å²) in [4.78, 5) is 35.3. The Kier molecular flexibility index (Phi) is 7.48. The molecule has 2 aromatic heterocycles. The van der Waals surface area contributed by atoms with Crippen LogP contribution in [-0.2, 0) is 14.3 Å². The molecule has 2 heterocycles. The van der Waals surface area contributed by atoms with Gasteiger partial charge in [0.25, 0.3) is 0 Å². The molecule has 144 valence electrons. The first-order valence-corrected chi connectivity index (χ1v) is 8.65. The maximum atomic E-state index is 11.5. The predicted molar refractivity (Wildman–Crippen MR) is 100 cm³/mol. The Balaban J connectivity index is 2.15. The van der Waals surface area contributed by atoms with Crippen molar-refractivity contribution >= 4 is 23.6 Å². The fourth-order valence-corrected chi connectivity index (χ4v) is 2.17. The molecule has 27 heavy (non-hydrogen) atoms. The maximum Gasteiger partial charge on any atom is 0.307 e. The number of hydrogen-bond acceptors (Lipinski definition) is 8. The molecule has 3 N–H and O–H groups in total. The lowest BCUT2D eigenvalue weighted by atomic mass is 10.2. The topological polar surface area (TPSA) is 126 Å². The van der Waals surface area contributed by atoms with Crippen LogP contribution in [0.4, 0.5) is 11.6 Å². The molecule has 0 unspecified atom stereocenters. The number of carboxylic acid groups (broad SMARTS) is 1. The highest BCUT2D eigenvalue weighted by atomic mass is 16.5. The number of anilines is 2. The van der Waals surface area contributed by atoms with E-state index >= 15 is 0 Å². The van der Waals surface area contributed by atoms with Gasteiger partial charge in [-0.15, -0.1) is 0 Å². The van der Waals surface area contributed by atoms with Gasteiger partial charge in [-0.1, -0.05) is 6.07 Å². The predicted octanol–water partition coefficient (Wildman–Crippen LogP) is 2.10. The molecule has 0 aliphatic heterocycles. The molecule has 0 saturated heterocycles. The molecule has 0 fully saturated rings. The summed E-state index contributed by atoms with van der Waals surface area (Å²) in [7, 11) is 0. The number of nitrogens with zero attached hydrogens (tertiary/aromatic N) is 3. The van der Waals surface area contributed by atoms with Crippen molar-refractivity contribution in [2.45, 2.75) is 26.7 Å². The molecule has 0 atom stereocenters. The van der Waals surface area contributed by atoms with E-state index in [9.17, 15) is 9.59 Å². The summed E-state index contributed by atoms with van der Waals surface area (Å²) in [6.45, 7) is 4.61. The lowest BCUT2D eigenvalue weighted by Crippen LogP contribution is -2.13. The van der Waals surface area contributed by atoms with Gasteiger partial charge in [-0.05, 0) is 25.5 Å². The minimum Gasteiger partial charge on any atom is -0.481 e. The van der Waals surface area contributed by atoms with Crippen LogP contribution in [0.5, 0.6) is 0 Å². The Hall–Kier alpha value is -3.23. The van der Waals surface area contributed by atoms with E-state index in [2.05, 4.69) is 25.6 Å². The molecular weight excluding hydrogens is 350 g/mol. The Morgan fingerprint density at radius 3 is 2.33 bits per heavy atom. The zero-order chi connectivity index (χ0) is 19.6. The van der Waals surface area contributed by atoms with Crippen LogP contribution in [0.1, 0.15) is 25.3 Å². The van der Waals surface area contributed by atoms with Crippen LogP contribution < -0.4 is 10.6 Å². The van der Waals surface area contributed by atoms with Crippen LogP contribution in [0.2, 0.25) is 0 Å². The van der Waals surface area contributed by atoms with Gasteiger partial charge >= 0.3 is 11.9 Å². The monoisotopic (exact) mass is 373 g/mol. The summed E-state index contributed by atoms with van der Waals surface area (Å²) in [5.74, 6) is 0.185. The minimum atomic E-state index is -0.898. The van der Waals surface area contributed by atoms with Crippen LogP contribution in [0.3, 0.4) is 0 Å². The number of aryl methyl sites for hydroxylation is 1. The summed E-state index contributed by atoms with van der Waals surface area (Å²) in [5, 5.41) is 14.8. The minimum absolute atomic E-state index is 0.0340. The number of aliphatic carboxylic acids is 1. The fraction of sp³-hybridized carbons (Fsp3) is 0.389. The molecule has 2 aromatic rings. The van der Waals surface area contributed by atoms with Gasteiger partial charge in [0.15, 0.2) is 5.82 Å². The number of pyridine rings is 1. The number of ether oxygens (including phenoxy) is 1. The van der Waals surface area contributed by atoms with Gasteiger partial charge in [-0.2, -0.15) is 0 Å². The average molecular weight is 373 g/mol. The van der Waals surface area contributed by atoms with E-state index in [4.69, 9.17) is 9.84 Å².